The first kappa shape index (κ1) is 22.8. The minimum absolute atomic E-state index is 0.303. The maximum atomic E-state index is 8.83. The Bertz CT molecular complexity index is 235. The highest BCUT2D eigenvalue weighted by molar-refractivity contribution is 4.52. The molecule has 0 saturated heterocycles. The molecule has 0 spiro atoms. The largest absolute Gasteiger partial charge is 0.381 e. The zero-order chi connectivity index (χ0) is 17.3. The van der Waals surface area contributed by atoms with Gasteiger partial charge in [-0.3, -0.25) is 0 Å². The number of hydrogen-bond acceptors (Lipinski definition) is 4. The van der Waals surface area contributed by atoms with Crippen molar-refractivity contribution in [1.29, 1.82) is 0 Å². The van der Waals surface area contributed by atoms with Crippen molar-refractivity contribution >= 4 is 0 Å². The smallest absolute Gasteiger partial charge is 0.164 e. The first-order valence-corrected chi connectivity index (χ1v) is 9.64. The molecule has 2 N–H and O–H groups in total. The van der Waals surface area contributed by atoms with Crippen LogP contribution in [0.4, 0.5) is 0 Å². The van der Waals surface area contributed by atoms with Gasteiger partial charge in [-0.15, -0.1) is 0 Å². The van der Waals surface area contributed by atoms with E-state index in [-0.39, 0.29) is 0 Å². The van der Waals surface area contributed by atoms with Gasteiger partial charge in [0, 0.05) is 26.3 Å². The fourth-order valence-electron chi connectivity index (χ4n) is 2.73. The summed E-state index contributed by atoms with van der Waals surface area (Å²) in [5.74, 6) is 0.858. The van der Waals surface area contributed by atoms with E-state index in [0.29, 0.717) is 6.54 Å². The van der Waals surface area contributed by atoms with Crippen LogP contribution in [0, 0.1) is 5.92 Å². The van der Waals surface area contributed by atoms with Crippen LogP contribution in [-0.2, 0) is 4.74 Å². The molecule has 4 heteroatoms. The first-order valence-electron chi connectivity index (χ1n) is 9.64. The van der Waals surface area contributed by atoms with Crippen molar-refractivity contribution in [3.63, 3.8) is 0 Å². The molecule has 0 bridgehead atoms. The van der Waals surface area contributed by atoms with E-state index in [1.165, 1.54) is 57.8 Å². The lowest BCUT2D eigenvalue weighted by atomic mass is 10.0. The maximum Gasteiger partial charge on any atom is 0.164 e. The Morgan fingerprint density at radius 1 is 0.783 bits per heavy atom. The summed E-state index contributed by atoms with van der Waals surface area (Å²) in [6.45, 7) is 7.38. The van der Waals surface area contributed by atoms with Gasteiger partial charge in [-0.05, 0) is 25.8 Å². The van der Waals surface area contributed by atoms with Crippen molar-refractivity contribution in [3.05, 3.63) is 0 Å². The highest BCUT2D eigenvalue weighted by Gasteiger charge is 2.03. The molecular formula is C19H41NO3. The van der Waals surface area contributed by atoms with Gasteiger partial charge in [0.1, 0.15) is 0 Å². The third-order valence-corrected chi connectivity index (χ3v) is 4.12. The quantitative estimate of drug-likeness (QED) is 0.314. The van der Waals surface area contributed by atoms with E-state index < -0.39 is 6.29 Å². The summed E-state index contributed by atoms with van der Waals surface area (Å²) in [4.78, 5) is 1.91. The summed E-state index contributed by atoms with van der Waals surface area (Å²) < 4.78 is 5.62. The number of rotatable bonds is 17. The molecule has 0 amide bonds. The van der Waals surface area contributed by atoms with Gasteiger partial charge < -0.3 is 19.8 Å². The molecule has 0 aromatic heterocycles. The number of unbranched alkanes of at least 4 members (excludes halogenated alkanes) is 7. The zero-order valence-corrected chi connectivity index (χ0v) is 15.8. The van der Waals surface area contributed by atoms with Gasteiger partial charge in [-0.25, -0.2) is 0 Å². The molecule has 0 atom stereocenters. The Morgan fingerprint density at radius 2 is 1.30 bits per heavy atom. The molecule has 0 saturated carbocycles. The minimum Gasteiger partial charge on any atom is -0.381 e. The Kier molecular flexibility index (Phi) is 16.6. The topological polar surface area (TPSA) is 52.9 Å². The van der Waals surface area contributed by atoms with E-state index in [9.17, 15) is 0 Å². The average molecular weight is 332 g/mol. The first-order chi connectivity index (χ1) is 11.0. The van der Waals surface area contributed by atoms with Crippen molar-refractivity contribution in [1.82, 2.24) is 4.90 Å². The van der Waals surface area contributed by atoms with E-state index in [1.807, 2.05) is 11.9 Å². The second-order valence-electron chi connectivity index (χ2n) is 7.22. The van der Waals surface area contributed by atoms with Crippen LogP contribution in [0.2, 0.25) is 0 Å². The second-order valence-corrected chi connectivity index (χ2v) is 7.22. The van der Waals surface area contributed by atoms with Crippen molar-refractivity contribution in [2.24, 2.45) is 5.92 Å². The van der Waals surface area contributed by atoms with E-state index in [2.05, 4.69) is 13.8 Å². The number of hydrogen-bond donors (Lipinski definition) is 2. The zero-order valence-electron chi connectivity index (χ0n) is 15.8. The molecule has 0 rings (SSSR count). The summed E-state index contributed by atoms with van der Waals surface area (Å²) in [5.41, 5.74) is 0. The monoisotopic (exact) mass is 331 g/mol. The number of aliphatic hydroxyl groups excluding tert-OH is 1. The summed E-state index contributed by atoms with van der Waals surface area (Å²) in [7, 11) is 1.89. The Labute approximate surface area is 144 Å². The lowest BCUT2D eigenvalue weighted by molar-refractivity contribution is -0.0580. The summed E-state index contributed by atoms with van der Waals surface area (Å²) in [6.07, 6.45) is 11.8. The van der Waals surface area contributed by atoms with Crippen molar-refractivity contribution in [2.75, 3.05) is 33.4 Å². The van der Waals surface area contributed by atoms with Gasteiger partial charge in [-0.1, -0.05) is 65.2 Å². The molecule has 0 aromatic rings. The fourth-order valence-corrected chi connectivity index (χ4v) is 2.73. The van der Waals surface area contributed by atoms with Crippen LogP contribution in [-0.4, -0.2) is 54.8 Å². The standard InChI is InChI=1S/C19H41NO3/c1-18(2)13-10-8-6-4-5-7-9-11-15-23-16-12-14-20(3)17-19(21)22/h18-19,21-22H,4-17H2,1-3H3. The van der Waals surface area contributed by atoms with E-state index in [0.717, 1.165) is 32.1 Å². The fraction of sp³-hybridized carbons (Fsp3) is 1.00. The molecule has 0 heterocycles. The molecule has 4 nitrogen and oxygen atoms in total. The van der Waals surface area contributed by atoms with Crippen LogP contribution in [0.1, 0.15) is 78.1 Å². The number of likely N-dealkylation sites (N-methyl/N-ethyl adjacent to an activating group) is 1. The molecular weight excluding hydrogens is 290 g/mol. The van der Waals surface area contributed by atoms with Crippen LogP contribution in [0.25, 0.3) is 0 Å². The van der Waals surface area contributed by atoms with Gasteiger partial charge in [0.05, 0.1) is 0 Å². The van der Waals surface area contributed by atoms with Crippen LogP contribution in [0.15, 0.2) is 0 Å². The molecule has 0 aliphatic carbocycles. The van der Waals surface area contributed by atoms with Gasteiger partial charge in [0.15, 0.2) is 6.29 Å². The molecule has 0 fully saturated rings. The summed E-state index contributed by atoms with van der Waals surface area (Å²) in [5, 5.41) is 17.7. The van der Waals surface area contributed by atoms with Crippen LogP contribution < -0.4 is 0 Å². The predicted octanol–water partition coefficient (Wildman–Crippen LogP) is 3.80. The lowest BCUT2D eigenvalue weighted by Gasteiger charge is -2.17. The second kappa shape index (κ2) is 16.7. The highest BCUT2D eigenvalue weighted by Crippen LogP contribution is 2.12. The normalized spacial score (nSPS) is 12.0. The Morgan fingerprint density at radius 3 is 1.87 bits per heavy atom. The Hall–Kier alpha value is -0.160. The molecule has 23 heavy (non-hydrogen) atoms. The summed E-state index contributed by atoms with van der Waals surface area (Å²) in [6, 6.07) is 0. The number of ether oxygens (including phenoxy) is 1. The third-order valence-electron chi connectivity index (χ3n) is 4.12. The van der Waals surface area contributed by atoms with Crippen molar-refractivity contribution < 1.29 is 14.9 Å². The van der Waals surface area contributed by atoms with Crippen molar-refractivity contribution in [2.45, 2.75) is 84.3 Å². The molecule has 0 aliphatic rings. The molecule has 140 valence electrons. The van der Waals surface area contributed by atoms with Crippen molar-refractivity contribution in [3.8, 4) is 0 Å². The molecule has 0 aliphatic heterocycles. The maximum absolute atomic E-state index is 8.83. The van der Waals surface area contributed by atoms with E-state index in [4.69, 9.17) is 14.9 Å². The van der Waals surface area contributed by atoms with Crippen LogP contribution in [0.3, 0.4) is 0 Å². The van der Waals surface area contributed by atoms with Gasteiger partial charge >= 0.3 is 0 Å². The third kappa shape index (κ3) is 19.8. The summed E-state index contributed by atoms with van der Waals surface area (Å²) >= 11 is 0. The van der Waals surface area contributed by atoms with Crippen LogP contribution in [0.5, 0.6) is 0 Å². The van der Waals surface area contributed by atoms with Gasteiger partial charge in [-0.2, -0.15) is 0 Å². The minimum atomic E-state index is -1.24. The number of nitrogens with zero attached hydrogens (tertiary/aromatic N) is 1. The molecule has 0 unspecified atom stereocenters. The van der Waals surface area contributed by atoms with Gasteiger partial charge in [0.2, 0.25) is 0 Å². The highest BCUT2D eigenvalue weighted by atomic mass is 16.5. The molecule has 0 radical (unpaired) electrons. The van der Waals surface area contributed by atoms with E-state index in [1.54, 1.807) is 0 Å². The predicted molar refractivity (Wildman–Crippen MR) is 97.5 cm³/mol. The lowest BCUT2D eigenvalue weighted by Crippen LogP contribution is -2.30. The van der Waals surface area contributed by atoms with Gasteiger partial charge in [0.25, 0.3) is 0 Å². The van der Waals surface area contributed by atoms with Crippen LogP contribution >= 0.6 is 0 Å². The number of aliphatic hydroxyl groups is 2. The Balaban J connectivity index is 3.08. The van der Waals surface area contributed by atoms with E-state index >= 15 is 0 Å². The average Bonchev–Trinajstić information content (AvgIpc) is 2.46. The molecule has 0 aromatic carbocycles. The SMILES string of the molecule is CC(C)CCCCCCCCCCOCCCN(C)CC(O)O.